The van der Waals surface area contributed by atoms with E-state index in [1.54, 1.807) is 25.4 Å². The van der Waals surface area contributed by atoms with Crippen LogP contribution in [0.1, 0.15) is 19.3 Å². The van der Waals surface area contributed by atoms with Crippen molar-refractivity contribution in [2.45, 2.75) is 25.3 Å². The zero-order chi connectivity index (χ0) is 14.2. The number of hydrogen-bond acceptors (Lipinski definition) is 5. The summed E-state index contributed by atoms with van der Waals surface area (Å²) in [5.74, 6) is 0.524. The Morgan fingerprint density at radius 2 is 2.35 bits per heavy atom. The number of carbonyl (C=O) groups is 1. The number of amides is 1. The number of anilines is 1. The number of nitrogens with one attached hydrogen (secondary N) is 2. The molecule has 0 saturated carbocycles. The summed E-state index contributed by atoms with van der Waals surface area (Å²) in [7, 11) is 1.62. The van der Waals surface area contributed by atoms with Gasteiger partial charge in [-0.05, 0) is 25.5 Å². The van der Waals surface area contributed by atoms with Crippen molar-refractivity contribution in [3.63, 3.8) is 0 Å². The molecule has 1 aromatic rings. The van der Waals surface area contributed by atoms with Crippen LogP contribution in [0.4, 0.5) is 5.69 Å². The van der Waals surface area contributed by atoms with E-state index >= 15 is 0 Å². The smallest absolute Gasteiger partial charge is 0.241 e. The summed E-state index contributed by atoms with van der Waals surface area (Å²) < 4.78 is 10.3. The molecule has 1 amide bonds. The van der Waals surface area contributed by atoms with Crippen LogP contribution in [0.15, 0.2) is 18.3 Å². The molecule has 2 heterocycles. The van der Waals surface area contributed by atoms with Crippen LogP contribution in [-0.2, 0) is 9.53 Å². The fourth-order valence-electron chi connectivity index (χ4n) is 2.07. The van der Waals surface area contributed by atoms with Gasteiger partial charge < -0.3 is 20.1 Å². The molecule has 20 heavy (non-hydrogen) atoms. The molecule has 0 bridgehead atoms. The summed E-state index contributed by atoms with van der Waals surface area (Å²) in [5, 5.41) is 6.08. The Bertz CT molecular complexity index is 416. The molecule has 1 aliphatic heterocycles. The number of piperidine rings is 1. The standard InChI is InChI=1S/C14H21N3O3/c1-19-8-9-20-13-6-5-11(10-16-13)17-14(18)12-4-2-3-7-15-12/h5-6,10,12,15H,2-4,7-9H2,1H3,(H,17,18). The molecule has 1 saturated heterocycles. The van der Waals surface area contributed by atoms with Gasteiger partial charge in [-0.15, -0.1) is 0 Å². The average Bonchev–Trinajstić information content (AvgIpc) is 2.50. The average molecular weight is 279 g/mol. The number of aromatic nitrogens is 1. The summed E-state index contributed by atoms with van der Waals surface area (Å²) in [6.45, 7) is 1.89. The molecule has 2 rings (SSSR count). The van der Waals surface area contributed by atoms with Crippen molar-refractivity contribution in [1.29, 1.82) is 0 Å². The normalized spacial score (nSPS) is 18.6. The van der Waals surface area contributed by atoms with Crippen molar-refractivity contribution in [3.05, 3.63) is 18.3 Å². The Hall–Kier alpha value is -1.66. The highest BCUT2D eigenvalue weighted by Gasteiger charge is 2.20. The van der Waals surface area contributed by atoms with E-state index in [1.165, 1.54) is 0 Å². The van der Waals surface area contributed by atoms with E-state index in [0.717, 1.165) is 25.8 Å². The van der Waals surface area contributed by atoms with Crippen LogP contribution < -0.4 is 15.4 Å². The summed E-state index contributed by atoms with van der Waals surface area (Å²) >= 11 is 0. The molecule has 2 N–H and O–H groups in total. The molecule has 1 aliphatic rings. The molecule has 6 heteroatoms. The Kier molecular flexibility index (Phi) is 5.76. The molecular weight excluding hydrogens is 258 g/mol. The minimum Gasteiger partial charge on any atom is -0.475 e. The molecule has 1 fully saturated rings. The monoisotopic (exact) mass is 279 g/mol. The summed E-state index contributed by atoms with van der Waals surface area (Å²) in [6.07, 6.45) is 4.72. The van der Waals surface area contributed by atoms with Gasteiger partial charge in [-0.3, -0.25) is 4.79 Å². The lowest BCUT2D eigenvalue weighted by Crippen LogP contribution is -2.43. The van der Waals surface area contributed by atoms with Gasteiger partial charge in [0.15, 0.2) is 0 Å². The van der Waals surface area contributed by atoms with E-state index < -0.39 is 0 Å². The Morgan fingerprint density at radius 3 is 3.00 bits per heavy atom. The van der Waals surface area contributed by atoms with Gasteiger partial charge in [0.2, 0.25) is 11.8 Å². The number of rotatable bonds is 6. The zero-order valence-electron chi connectivity index (χ0n) is 11.7. The highest BCUT2D eigenvalue weighted by molar-refractivity contribution is 5.94. The minimum absolute atomic E-state index is 0.000415. The van der Waals surface area contributed by atoms with Crippen molar-refractivity contribution in [2.24, 2.45) is 0 Å². The first kappa shape index (κ1) is 14.7. The number of carbonyl (C=O) groups excluding carboxylic acids is 1. The zero-order valence-corrected chi connectivity index (χ0v) is 11.7. The van der Waals surface area contributed by atoms with Crippen LogP contribution >= 0.6 is 0 Å². The number of ether oxygens (including phenoxy) is 2. The molecule has 1 atom stereocenters. The van der Waals surface area contributed by atoms with E-state index in [2.05, 4.69) is 15.6 Å². The van der Waals surface area contributed by atoms with Crippen LogP contribution in [-0.4, -0.2) is 43.8 Å². The number of pyridine rings is 1. The van der Waals surface area contributed by atoms with E-state index in [4.69, 9.17) is 9.47 Å². The quantitative estimate of drug-likeness (QED) is 0.765. The predicted molar refractivity (Wildman–Crippen MR) is 75.9 cm³/mol. The van der Waals surface area contributed by atoms with Gasteiger partial charge in [-0.2, -0.15) is 0 Å². The Labute approximate surface area is 118 Å². The topological polar surface area (TPSA) is 72.5 Å². The second-order valence-corrected chi connectivity index (χ2v) is 4.72. The molecule has 1 aromatic heterocycles. The van der Waals surface area contributed by atoms with Crippen molar-refractivity contribution >= 4 is 11.6 Å². The molecule has 0 spiro atoms. The maximum atomic E-state index is 12.0. The number of hydrogen-bond donors (Lipinski definition) is 2. The van der Waals surface area contributed by atoms with Crippen molar-refractivity contribution < 1.29 is 14.3 Å². The highest BCUT2D eigenvalue weighted by atomic mass is 16.5. The third kappa shape index (κ3) is 4.47. The van der Waals surface area contributed by atoms with E-state index in [0.29, 0.717) is 24.8 Å². The van der Waals surface area contributed by atoms with Gasteiger partial charge in [0.25, 0.3) is 0 Å². The molecule has 110 valence electrons. The van der Waals surface area contributed by atoms with Crippen molar-refractivity contribution in [3.8, 4) is 5.88 Å². The van der Waals surface area contributed by atoms with Crippen LogP contribution in [0.3, 0.4) is 0 Å². The van der Waals surface area contributed by atoms with Crippen molar-refractivity contribution in [2.75, 3.05) is 32.2 Å². The molecule has 0 aromatic carbocycles. The summed E-state index contributed by atoms with van der Waals surface area (Å²) in [6, 6.07) is 3.43. The lowest BCUT2D eigenvalue weighted by Gasteiger charge is -2.22. The molecule has 0 radical (unpaired) electrons. The fourth-order valence-corrected chi connectivity index (χ4v) is 2.07. The van der Waals surface area contributed by atoms with Gasteiger partial charge in [0.05, 0.1) is 24.5 Å². The second-order valence-electron chi connectivity index (χ2n) is 4.72. The Balaban J connectivity index is 1.81. The first-order valence-electron chi connectivity index (χ1n) is 6.91. The first-order chi connectivity index (χ1) is 9.79. The predicted octanol–water partition coefficient (Wildman–Crippen LogP) is 1.19. The first-order valence-corrected chi connectivity index (χ1v) is 6.91. The maximum absolute atomic E-state index is 12.0. The largest absolute Gasteiger partial charge is 0.475 e. The van der Waals surface area contributed by atoms with Gasteiger partial charge in [-0.25, -0.2) is 4.98 Å². The fraction of sp³-hybridized carbons (Fsp3) is 0.571. The summed E-state index contributed by atoms with van der Waals surface area (Å²) in [4.78, 5) is 16.1. The van der Waals surface area contributed by atoms with Crippen LogP contribution in [0.5, 0.6) is 5.88 Å². The molecular formula is C14H21N3O3. The second kappa shape index (κ2) is 7.81. The molecule has 6 nitrogen and oxygen atoms in total. The van der Waals surface area contributed by atoms with E-state index in [-0.39, 0.29) is 11.9 Å². The van der Waals surface area contributed by atoms with Crippen molar-refractivity contribution in [1.82, 2.24) is 10.3 Å². The molecule has 1 unspecified atom stereocenters. The Morgan fingerprint density at radius 1 is 1.45 bits per heavy atom. The molecule has 0 aliphatic carbocycles. The highest BCUT2D eigenvalue weighted by Crippen LogP contribution is 2.13. The third-order valence-electron chi connectivity index (χ3n) is 3.17. The third-order valence-corrected chi connectivity index (χ3v) is 3.17. The SMILES string of the molecule is COCCOc1ccc(NC(=O)C2CCCCN2)cn1. The van der Waals surface area contributed by atoms with Gasteiger partial charge in [-0.1, -0.05) is 6.42 Å². The van der Waals surface area contributed by atoms with E-state index in [1.807, 2.05) is 0 Å². The lowest BCUT2D eigenvalue weighted by atomic mass is 10.0. The van der Waals surface area contributed by atoms with Crippen LogP contribution in [0, 0.1) is 0 Å². The van der Waals surface area contributed by atoms with Gasteiger partial charge >= 0.3 is 0 Å². The summed E-state index contributed by atoms with van der Waals surface area (Å²) in [5.41, 5.74) is 0.682. The van der Waals surface area contributed by atoms with Crippen LogP contribution in [0.25, 0.3) is 0 Å². The van der Waals surface area contributed by atoms with E-state index in [9.17, 15) is 4.79 Å². The minimum atomic E-state index is -0.0959. The number of methoxy groups -OCH3 is 1. The van der Waals surface area contributed by atoms with Gasteiger partial charge in [0, 0.05) is 13.2 Å². The van der Waals surface area contributed by atoms with Gasteiger partial charge in [0.1, 0.15) is 6.61 Å². The lowest BCUT2D eigenvalue weighted by molar-refractivity contribution is -0.118. The van der Waals surface area contributed by atoms with Crippen LogP contribution in [0.2, 0.25) is 0 Å². The maximum Gasteiger partial charge on any atom is 0.241 e. The number of nitrogens with zero attached hydrogens (tertiary/aromatic N) is 1.